The average molecular weight is 399 g/mol. The number of hydrogen-bond donors (Lipinski definition) is 0. The molecular formula is C27H17N3O. The molecule has 0 N–H and O–H groups in total. The lowest BCUT2D eigenvalue weighted by Gasteiger charge is -2.11. The molecular weight excluding hydrogens is 382 g/mol. The van der Waals surface area contributed by atoms with Crippen molar-refractivity contribution in [3.05, 3.63) is 103 Å². The third kappa shape index (κ3) is 2.21. The molecule has 31 heavy (non-hydrogen) atoms. The van der Waals surface area contributed by atoms with Gasteiger partial charge in [0.15, 0.2) is 0 Å². The van der Waals surface area contributed by atoms with Gasteiger partial charge in [0.25, 0.3) is 0 Å². The van der Waals surface area contributed by atoms with Gasteiger partial charge in [-0.15, -0.1) is 0 Å². The maximum Gasteiger partial charge on any atom is 0.222 e. The lowest BCUT2D eigenvalue weighted by molar-refractivity contribution is 0.640. The predicted molar refractivity (Wildman–Crippen MR) is 125 cm³/mol. The normalized spacial score (nSPS) is 11.9. The molecule has 3 heterocycles. The van der Waals surface area contributed by atoms with E-state index in [9.17, 15) is 0 Å². The molecule has 0 spiro atoms. The van der Waals surface area contributed by atoms with Crippen molar-refractivity contribution in [2.24, 2.45) is 0 Å². The molecule has 0 amide bonds. The van der Waals surface area contributed by atoms with Crippen LogP contribution in [-0.4, -0.2) is 14.1 Å². The molecule has 4 heteroatoms. The smallest absolute Gasteiger partial charge is 0.222 e. The van der Waals surface area contributed by atoms with Crippen LogP contribution in [0.2, 0.25) is 0 Å². The van der Waals surface area contributed by atoms with Crippen LogP contribution < -0.4 is 0 Å². The summed E-state index contributed by atoms with van der Waals surface area (Å²) in [6, 6.07) is 35.3. The molecule has 0 aliphatic heterocycles. The van der Waals surface area contributed by atoms with Crippen molar-refractivity contribution in [3.63, 3.8) is 0 Å². The largest absolute Gasteiger partial charge is 0.439 e. The van der Waals surface area contributed by atoms with Crippen LogP contribution in [0.25, 0.3) is 55.6 Å². The number of fused-ring (bicyclic) bond motifs is 6. The minimum absolute atomic E-state index is 0.815. The zero-order valence-corrected chi connectivity index (χ0v) is 16.6. The molecule has 0 fully saturated rings. The first kappa shape index (κ1) is 16.5. The molecule has 4 aromatic carbocycles. The molecule has 0 radical (unpaired) electrons. The maximum atomic E-state index is 6.42. The van der Waals surface area contributed by atoms with Gasteiger partial charge in [0.05, 0.1) is 21.9 Å². The van der Waals surface area contributed by atoms with Crippen molar-refractivity contribution in [1.82, 2.24) is 14.1 Å². The second kappa shape index (κ2) is 6.09. The standard InChI is InChI=1S/C27H17N3O/c1-2-10-18(11-3-1)29-23-16-8-6-14-21(23)28-27(29)30-22-15-7-4-12-19(22)25-20-13-5-9-17-24(20)31-26(25)30/h1-17H. The van der Waals surface area contributed by atoms with Crippen LogP contribution in [0.15, 0.2) is 108 Å². The van der Waals surface area contributed by atoms with Gasteiger partial charge in [-0.25, -0.2) is 9.55 Å². The minimum Gasteiger partial charge on any atom is -0.439 e. The highest BCUT2D eigenvalue weighted by Gasteiger charge is 2.23. The summed E-state index contributed by atoms with van der Waals surface area (Å²) < 4.78 is 10.8. The van der Waals surface area contributed by atoms with Crippen LogP contribution >= 0.6 is 0 Å². The fraction of sp³-hybridized carbons (Fsp3) is 0. The van der Waals surface area contributed by atoms with E-state index in [1.807, 2.05) is 24.3 Å². The Labute approximate surface area is 177 Å². The number of para-hydroxylation sites is 5. The van der Waals surface area contributed by atoms with Gasteiger partial charge < -0.3 is 4.42 Å². The summed E-state index contributed by atoms with van der Waals surface area (Å²) in [6.45, 7) is 0. The van der Waals surface area contributed by atoms with Gasteiger partial charge in [-0.05, 0) is 36.4 Å². The summed E-state index contributed by atoms with van der Waals surface area (Å²) >= 11 is 0. The Hall–Kier alpha value is -4.31. The Bertz CT molecular complexity index is 1730. The van der Waals surface area contributed by atoms with Gasteiger partial charge in [0, 0.05) is 16.5 Å². The molecule has 7 aromatic rings. The number of furan rings is 1. The van der Waals surface area contributed by atoms with Crippen molar-refractivity contribution in [2.75, 3.05) is 0 Å². The third-order valence-electron chi connectivity index (χ3n) is 5.95. The lowest BCUT2D eigenvalue weighted by Crippen LogP contribution is -2.05. The summed E-state index contributed by atoms with van der Waals surface area (Å²) in [6.07, 6.45) is 0. The number of hydrogen-bond acceptors (Lipinski definition) is 2. The number of rotatable bonds is 2. The molecule has 0 bridgehead atoms. The minimum atomic E-state index is 0.815. The zero-order valence-electron chi connectivity index (χ0n) is 16.6. The van der Waals surface area contributed by atoms with E-state index in [0.29, 0.717) is 0 Å². The first-order valence-corrected chi connectivity index (χ1v) is 10.3. The number of imidazole rings is 1. The fourth-order valence-electron chi connectivity index (χ4n) is 4.63. The van der Waals surface area contributed by atoms with E-state index in [2.05, 4.69) is 88.0 Å². The van der Waals surface area contributed by atoms with Crippen molar-refractivity contribution in [1.29, 1.82) is 0 Å². The van der Waals surface area contributed by atoms with Gasteiger partial charge in [0.1, 0.15) is 5.58 Å². The summed E-state index contributed by atoms with van der Waals surface area (Å²) in [5.41, 5.74) is 5.85. The maximum absolute atomic E-state index is 6.42. The average Bonchev–Trinajstić information content (AvgIpc) is 3.48. The number of aromatic nitrogens is 3. The Balaban J connectivity index is 1.70. The van der Waals surface area contributed by atoms with E-state index in [1.54, 1.807) is 0 Å². The molecule has 4 nitrogen and oxygen atoms in total. The predicted octanol–water partition coefficient (Wildman–Crippen LogP) is 6.87. The second-order valence-corrected chi connectivity index (χ2v) is 7.70. The molecule has 0 saturated heterocycles. The Morgan fingerprint density at radius 1 is 0.581 bits per heavy atom. The highest BCUT2D eigenvalue weighted by atomic mass is 16.3. The summed E-state index contributed by atoms with van der Waals surface area (Å²) in [4.78, 5) is 5.07. The lowest BCUT2D eigenvalue weighted by atomic mass is 10.1. The van der Waals surface area contributed by atoms with Crippen LogP contribution in [-0.2, 0) is 0 Å². The molecule has 146 valence electrons. The zero-order chi connectivity index (χ0) is 20.4. The van der Waals surface area contributed by atoms with Crippen LogP contribution in [0.1, 0.15) is 0 Å². The molecule has 0 saturated carbocycles. The van der Waals surface area contributed by atoms with E-state index in [4.69, 9.17) is 9.40 Å². The van der Waals surface area contributed by atoms with Gasteiger partial charge in [-0.2, -0.15) is 0 Å². The van der Waals surface area contributed by atoms with Crippen molar-refractivity contribution in [3.8, 4) is 11.6 Å². The van der Waals surface area contributed by atoms with E-state index in [-0.39, 0.29) is 0 Å². The highest BCUT2D eigenvalue weighted by molar-refractivity contribution is 6.19. The van der Waals surface area contributed by atoms with Crippen LogP contribution in [0.3, 0.4) is 0 Å². The monoisotopic (exact) mass is 399 g/mol. The van der Waals surface area contributed by atoms with E-state index >= 15 is 0 Å². The first-order chi connectivity index (χ1) is 15.4. The highest BCUT2D eigenvalue weighted by Crippen LogP contribution is 2.39. The van der Waals surface area contributed by atoms with E-state index in [1.165, 1.54) is 0 Å². The Morgan fingerprint density at radius 3 is 2.13 bits per heavy atom. The summed E-state index contributed by atoms with van der Waals surface area (Å²) in [5, 5.41) is 3.40. The molecule has 7 rings (SSSR count). The van der Waals surface area contributed by atoms with E-state index < -0.39 is 0 Å². The number of benzene rings is 4. The molecule has 0 aliphatic rings. The van der Waals surface area contributed by atoms with Crippen molar-refractivity contribution in [2.45, 2.75) is 0 Å². The van der Waals surface area contributed by atoms with Gasteiger partial charge >= 0.3 is 0 Å². The van der Waals surface area contributed by atoms with Crippen molar-refractivity contribution >= 4 is 44.0 Å². The fourth-order valence-corrected chi connectivity index (χ4v) is 4.63. The molecule has 0 unspecified atom stereocenters. The summed E-state index contributed by atoms with van der Waals surface area (Å²) in [7, 11) is 0. The van der Waals surface area contributed by atoms with Crippen LogP contribution in [0, 0.1) is 0 Å². The van der Waals surface area contributed by atoms with Gasteiger partial charge in [0.2, 0.25) is 11.7 Å². The van der Waals surface area contributed by atoms with Crippen LogP contribution in [0.4, 0.5) is 0 Å². The van der Waals surface area contributed by atoms with Gasteiger partial charge in [-0.3, -0.25) is 4.57 Å². The van der Waals surface area contributed by atoms with E-state index in [0.717, 1.165) is 55.6 Å². The topological polar surface area (TPSA) is 35.9 Å². The molecule has 0 aliphatic carbocycles. The quantitative estimate of drug-likeness (QED) is 0.318. The number of nitrogens with zero attached hydrogens (tertiary/aromatic N) is 3. The van der Waals surface area contributed by atoms with Crippen LogP contribution in [0.5, 0.6) is 0 Å². The Kier molecular flexibility index (Phi) is 3.24. The Morgan fingerprint density at radius 2 is 1.26 bits per heavy atom. The second-order valence-electron chi connectivity index (χ2n) is 7.70. The van der Waals surface area contributed by atoms with Gasteiger partial charge in [-0.1, -0.05) is 66.7 Å². The molecule has 0 atom stereocenters. The first-order valence-electron chi connectivity index (χ1n) is 10.3. The summed E-state index contributed by atoms with van der Waals surface area (Å²) in [5.74, 6) is 0.817. The third-order valence-corrected chi connectivity index (χ3v) is 5.95. The SMILES string of the molecule is c1ccc(-n2c(-n3c4ccccc4c4c5ccccc5oc43)nc3ccccc32)cc1. The van der Waals surface area contributed by atoms with Crippen molar-refractivity contribution < 1.29 is 4.42 Å². The molecule has 3 aromatic heterocycles.